The van der Waals surface area contributed by atoms with E-state index in [4.69, 9.17) is 19.4 Å². The Morgan fingerprint density at radius 1 is 1.17 bits per heavy atom. The number of carbonyl (C=O) groups excluding carboxylic acids is 1. The van der Waals surface area contributed by atoms with E-state index in [0.29, 0.717) is 17.9 Å². The lowest BCUT2D eigenvalue weighted by molar-refractivity contribution is -0.133. The smallest absolute Gasteiger partial charge is 0.298 e. The monoisotopic (exact) mass is 487 g/mol. The fourth-order valence-electron chi connectivity index (χ4n) is 5.91. The third-order valence-electron chi connectivity index (χ3n) is 8.03. The van der Waals surface area contributed by atoms with E-state index >= 15 is 0 Å². The Morgan fingerprint density at radius 3 is 2.69 bits per heavy atom. The number of nitrogens with one attached hydrogen (secondary N) is 1. The van der Waals surface area contributed by atoms with Crippen LogP contribution < -0.4 is 10.1 Å². The predicted molar refractivity (Wildman–Crippen MR) is 136 cm³/mol. The first-order chi connectivity index (χ1) is 17.5. The van der Waals surface area contributed by atoms with E-state index < -0.39 is 0 Å². The highest BCUT2D eigenvalue weighted by atomic mass is 16.5. The summed E-state index contributed by atoms with van der Waals surface area (Å²) in [5.74, 6) is 7.78. The summed E-state index contributed by atoms with van der Waals surface area (Å²) < 4.78 is 12.1. The molecule has 3 fully saturated rings. The summed E-state index contributed by atoms with van der Waals surface area (Å²) in [4.78, 5) is 25.8. The highest BCUT2D eigenvalue weighted by Crippen LogP contribution is 2.44. The molecule has 3 saturated heterocycles. The summed E-state index contributed by atoms with van der Waals surface area (Å²) in [6.45, 7) is 10.9. The second-order valence-corrected chi connectivity index (χ2v) is 10.3. The molecule has 188 valence electrons. The standard InChI is InChI=1S/C28H33N5O3/c1-4-5-25(34)33-15-21(16-33)32-13-20(14-32)23-12-24-27(17(2)30-23)36-18(3)26-22(6-9-29-28(26)31-24)19-7-10-35-11-8-19/h6,9,12,18-21H,7-8,10-11,13-16H2,1-3H3,(H,29,31)/t18-/m0/s1. The summed E-state index contributed by atoms with van der Waals surface area (Å²) in [6, 6.07) is 4.71. The lowest BCUT2D eigenvalue weighted by Crippen LogP contribution is -2.65. The number of anilines is 2. The number of rotatable bonds is 3. The van der Waals surface area contributed by atoms with Gasteiger partial charge in [0.1, 0.15) is 11.9 Å². The van der Waals surface area contributed by atoms with Crippen LogP contribution in [-0.2, 0) is 9.53 Å². The van der Waals surface area contributed by atoms with E-state index in [0.717, 1.165) is 86.4 Å². The quantitative estimate of drug-likeness (QED) is 0.664. The average Bonchev–Trinajstić information content (AvgIpc) is 2.96. The molecule has 0 unspecified atom stereocenters. The number of pyridine rings is 2. The number of carbonyl (C=O) groups is 1. The molecule has 6 rings (SSSR count). The predicted octanol–water partition coefficient (Wildman–Crippen LogP) is 3.51. The van der Waals surface area contributed by atoms with E-state index in [2.05, 4.69) is 41.1 Å². The number of aromatic nitrogens is 2. The van der Waals surface area contributed by atoms with Crippen LogP contribution in [0, 0.1) is 18.8 Å². The zero-order valence-corrected chi connectivity index (χ0v) is 21.2. The van der Waals surface area contributed by atoms with Crippen LogP contribution in [0.3, 0.4) is 0 Å². The fourth-order valence-corrected chi connectivity index (χ4v) is 5.91. The van der Waals surface area contributed by atoms with Crippen molar-refractivity contribution in [2.75, 3.05) is 44.7 Å². The van der Waals surface area contributed by atoms with Crippen LogP contribution in [0.1, 0.15) is 67.1 Å². The second-order valence-electron chi connectivity index (χ2n) is 10.3. The number of hydrogen-bond donors (Lipinski definition) is 1. The van der Waals surface area contributed by atoms with Crippen LogP contribution in [0.4, 0.5) is 11.5 Å². The van der Waals surface area contributed by atoms with E-state index in [-0.39, 0.29) is 12.0 Å². The molecule has 0 radical (unpaired) electrons. The van der Waals surface area contributed by atoms with Crippen LogP contribution in [0.2, 0.25) is 0 Å². The molecule has 8 nitrogen and oxygen atoms in total. The van der Waals surface area contributed by atoms with Gasteiger partial charge in [0.05, 0.1) is 11.4 Å². The lowest BCUT2D eigenvalue weighted by Gasteiger charge is -2.51. The topological polar surface area (TPSA) is 79.8 Å². The highest BCUT2D eigenvalue weighted by molar-refractivity contribution is 5.94. The summed E-state index contributed by atoms with van der Waals surface area (Å²) in [6.07, 6.45) is 3.84. The maximum Gasteiger partial charge on any atom is 0.298 e. The van der Waals surface area contributed by atoms with Gasteiger partial charge in [-0.25, -0.2) is 4.98 Å². The third-order valence-corrected chi connectivity index (χ3v) is 8.03. The first-order valence-electron chi connectivity index (χ1n) is 13.0. The molecule has 4 aliphatic heterocycles. The molecule has 8 heteroatoms. The number of likely N-dealkylation sites (tertiary alicyclic amines) is 2. The minimum absolute atomic E-state index is 0.0666. The third kappa shape index (κ3) is 4.10. The van der Waals surface area contributed by atoms with Crippen molar-refractivity contribution >= 4 is 17.4 Å². The van der Waals surface area contributed by atoms with Gasteiger partial charge in [-0.3, -0.25) is 14.7 Å². The molecular formula is C28H33N5O3. The number of nitrogens with zero attached hydrogens (tertiary/aromatic N) is 4. The van der Waals surface area contributed by atoms with Crippen LogP contribution >= 0.6 is 0 Å². The lowest BCUT2D eigenvalue weighted by atomic mass is 9.87. The molecule has 6 heterocycles. The van der Waals surface area contributed by atoms with Gasteiger partial charge in [0.25, 0.3) is 5.91 Å². The molecule has 1 N–H and O–H groups in total. The van der Waals surface area contributed by atoms with Gasteiger partial charge < -0.3 is 19.7 Å². The van der Waals surface area contributed by atoms with Crippen molar-refractivity contribution in [3.63, 3.8) is 0 Å². The summed E-state index contributed by atoms with van der Waals surface area (Å²) in [7, 11) is 0. The molecule has 4 aliphatic rings. The van der Waals surface area contributed by atoms with Crippen molar-refractivity contribution in [1.29, 1.82) is 0 Å². The Kier molecular flexibility index (Phi) is 6.06. The molecule has 0 aromatic carbocycles. The van der Waals surface area contributed by atoms with Gasteiger partial charge in [-0.1, -0.05) is 5.92 Å². The zero-order chi connectivity index (χ0) is 24.8. The first kappa shape index (κ1) is 23.3. The maximum atomic E-state index is 11.9. The molecule has 2 aromatic heterocycles. The molecule has 0 saturated carbocycles. The minimum Gasteiger partial charge on any atom is -0.482 e. The van der Waals surface area contributed by atoms with E-state index in [1.807, 2.05) is 18.0 Å². The van der Waals surface area contributed by atoms with Gasteiger partial charge in [0.15, 0.2) is 5.75 Å². The van der Waals surface area contributed by atoms with Crippen LogP contribution in [-0.4, -0.2) is 71.1 Å². The summed E-state index contributed by atoms with van der Waals surface area (Å²) >= 11 is 0. The molecule has 0 spiro atoms. The number of fused-ring (bicyclic) bond motifs is 2. The Morgan fingerprint density at radius 2 is 1.94 bits per heavy atom. The van der Waals surface area contributed by atoms with Gasteiger partial charge in [-0.15, -0.1) is 0 Å². The van der Waals surface area contributed by atoms with E-state index in [1.165, 1.54) is 5.56 Å². The Labute approximate surface area is 212 Å². The molecule has 36 heavy (non-hydrogen) atoms. The van der Waals surface area contributed by atoms with Crippen molar-refractivity contribution < 1.29 is 14.3 Å². The van der Waals surface area contributed by atoms with Crippen molar-refractivity contribution in [1.82, 2.24) is 19.8 Å². The Hall–Kier alpha value is -3.15. The van der Waals surface area contributed by atoms with Gasteiger partial charge >= 0.3 is 0 Å². The average molecular weight is 488 g/mol. The minimum atomic E-state index is -0.118. The highest BCUT2D eigenvalue weighted by Gasteiger charge is 2.41. The first-order valence-corrected chi connectivity index (χ1v) is 13.0. The second kappa shape index (κ2) is 9.38. The van der Waals surface area contributed by atoms with Gasteiger partial charge in [-0.05, 0) is 63.1 Å². The van der Waals surface area contributed by atoms with Crippen molar-refractivity contribution in [2.24, 2.45) is 0 Å². The number of aryl methyl sites for hydroxylation is 1. The number of amides is 1. The molecule has 1 atom stereocenters. The SMILES string of the molecule is CC#CC(=O)N1CC(N2CC(c3cc4c(c(C)n3)O[C@@H](C)c3c(C5CCOCC5)ccnc3N4)C2)C1. The van der Waals surface area contributed by atoms with Crippen molar-refractivity contribution in [3.05, 3.63) is 40.8 Å². The largest absolute Gasteiger partial charge is 0.482 e. The zero-order valence-electron chi connectivity index (χ0n) is 21.2. The Balaban J connectivity index is 1.19. The van der Waals surface area contributed by atoms with Crippen LogP contribution in [0.25, 0.3) is 0 Å². The van der Waals surface area contributed by atoms with Crippen molar-refractivity contribution in [2.45, 2.75) is 57.6 Å². The number of hydrogen-bond acceptors (Lipinski definition) is 7. The van der Waals surface area contributed by atoms with E-state index in [9.17, 15) is 4.79 Å². The van der Waals surface area contributed by atoms with Gasteiger partial charge in [0.2, 0.25) is 0 Å². The molecule has 0 aliphatic carbocycles. The van der Waals surface area contributed by atoms with E-state index in [1.54, 1.807) is 6.92 Å². The molecule has 1 amide bonds. The molecule has 0 bridgehead atoms. The summed E-state index contributed by atoms with van der Waals surface area (Å²) in [5, 5.41) is 3.61. The fraction of sp³-hybridized carbons (Fsp3) is 0.536. The van der Waals surface area contributed by atoms with Crippen molar-refractivity contribution in [3.8, 4) is 17.6 Å². The van der Waals surface area contributed by atoms with Crippen LogP contribution in [0.5, 0.6) is 5.75 Å². The summed E-state index contributed by atoms with van der Waals surface area (Å²) in [5.41, 5.74) is 5.39. The van der Waals surface area contributed by atoms with Gasteiger partial charge in [0, 0.05) is 68.8 Å². The molecule has 2 aromatic rings. The maximum absolute atomic E-state index is 11.9. The normalized spacial score (nSPS) is 22.5. The van der Waals surface area contributed by atoms with Crippen LogP contribution in [0.15, 0.2) is 18.3 Å². The number of ether oxygens (including phenoxy) is 2. The molecular weight excluding hydrogens is 454 g/mol. The van der Waals surface area contributed by atoms with Gasteiger partial charge in [-0.2, -0.15) is 0 Å². The Bertz CT molecular complexity index is 1230.